The Morgan fingerprint density at radius 2 is 2.10 bits per heavy atom. The lowest BCUT2D eigenvalue weighted by molar-refractivity contribution is -0.134. The van der Waals surface area contributed by atoms with Gasteiger partial charge in [-0.3, -0.25) is 0 Å². The summed E-state index contributed by atoms with van der Waals surface area (Å²) in [6.45, 7) is 1.41. The molecule has 0 rings (SSSR count). The number of carbonyl (C=O) groups is 1. The van der Waals surface area contributed by atoms with E-state index >= 15 is 0 Å². The van der Waals surface area contributed by atoms with Gasteiger partial charge in [0.25, 0.3) is 0 Å². The number of esters is 1. The first kappa shape index (κ1) is 9.56. The van der Waals surface area contributed by atoms with E-state index in [4.69, 9.17) is 0 Å². The molecule has 0 N–H and O–H groups in total. The van der Waals surface area contributed by atoms with Crippen LogP contribution in [0.25, 0.3) is 0 Å². The monoisotopic (exact) mass is 174 g/mol. The highest BCUT2D eigenvalue weighted by atomic mass is 31.2. The van der Waals surface area contributed by atoms with Crippen molar-refractivity contribution >= 4 is 19.6 Å². The maximum Gasteiger partial charge on any atom is 0.379 e. The van der Waals surface area contributed by atoms with E-state index in [0.29, 0.717) is 0 Å². The van der Waals surface area contributed by atoms with Crippen LogP contribution in [0.2, 0.25) is 0 Å². The minimum absolute atomic E-state index is 0.0324. The van der Waals surface area contributed by atoms with E-state index in [0.717, 1.165) is 0 Å². The minimum Gasteiger partial charge on any atom is -0.463 e. The van der Waals surface area contributed by atoms with Crippen LogP contribution in [0.15, 0.2) is 0 Å². The van der Waals surface area contributed by atoms with Crippen LogP contribution in [0.3, 0.4) is 0 Å². The van der Waals surface area contributed by atoms with Gasteiger partial charge >= 0.3 is 13.8 Å². The fourth-order valence-corrected chi connectivity index (χ4v) is 0.613. The molecule has 0 atom stereocenters. The van der Waals surface area contributed by atoms with Crippen LogP contribution >= 0.6 is 7.82 Å². The lowest BCUT2D eigenvalue weighted by atomic mass is 10.8. The predicted octanol–water partition coefficient (Wildman–Crippen LogP) is 2.02. The van der Waals surface area contributed by atoms with Gasteiger partial charge in [0.15, 0.2) is 0 Å². The van der Waals surface area contributed by atoms with Crippen molar-refractivity contribution in [2.24, 2.45) is 0 Å². The predicted molar refractivity (Wildman–Crippen MR) is 32.9 cm³/mol. The minimum atomic E-state index is -5.60. The second-order valence-corrected chi connectivity index (χ2v) is 2.59. The standard InChI is InChI=1S/C4H6F3O2P/c1-2-9-4(8)3-10(5,6)7/h3H,2H2,1H3. The Kier molecular flexibility index (Phi) is 3.50. The summed E-state index contributed by atoms with van der Waals surface area (Å²) in [5.41, 5.74) is 0. The number of carbonyl (C=O) groups excluding carboxylic acids is 1. The Morgan fingerprint density at radius 3 is 2.40 bits per heavy atom. The molecular formula is C4H6F3O2P. The maximum absolute atomic E-state index is 11.4. The topological polar surface area (TPSA) is 26.3 Å². The number of hydrogen-bond acceptors (Lipinski definition) is 2. The van der Waals surface area contributed by atoms with E-state index < -0.39 is 13.8 Å². The molecule has 0 aliphatic heterocycles. The van der Waals surface area contributed by atoms with E-state index in [2.05, 4.69) is 4.74 Å². The number of halogens is 3. The summed E-state index contributed by atoms with van der Waals surface area (Å²) in [6.07, 6.45) is 0. The van der Waals surface area contributed by atoms with Crippen LogP contribution in [0.5, 0.6) is 0 Å². The van der Waals surface area contributed by atoms with Gasteiger partial charge in [-0.1, -0.05) is 0 Å². The molecule has 0 bridgehead atoms. The van der Waals surface area contributed by atoms with Crippen molar-refractivity contribution in [2.45, 2.75) is 6.92 Å². The third-order valence-electron chi connectivity index (χ3n) is 0.538. The highest BCUT2D eigenvalue weighted by Crippen LogP contribution is 2.51. The van der Waals surface area contributed by atoms with Gasteiger partial charge in [-0.05, 0) is 6.92 Å². The van der Waals surface area contributed by atoms with Gasteiger partial charge < -0.3 is 4.74 Å². The zero-order chi connectivity index (χ0) is 8.20. The van der Waals surface area contributed by atoms with Crippen LogP contribution < -0.4 is 0 Å². The van der Waals surface area contributed by atoms with E-state index in [-0.39, 0.29) is 12.4 Å². The summed E-state index contributed by atoms with van der Waals surface area (Å²) in [6, 6.07) is 0. The molecule has 0 fully saturated rings. The molecule has 60 valence electrons. The lowest BCUT2D eigenvalue weighted by Crippen LogP contribution is -2.03. The summed E-state index contributed by atoms with van der Waals surface area (Å²) >= 11 is 0. The van der Waals surface area contributed by atoms with Crippen molar-refractivity contribution in [1.29, 1.82) is 0 Å². The fourth-order valence-electron chi connectivity index (χ4n) is 0.299. The molecule has 0 spiro atoms. The molecule has 0 aliphatic carbocycles. The van der Waals surface area contributed by atoms with Gasteiger partial charge in [0.05, 0.1) is 6.61 Å². The van der Waals surface area contributed by atoms with Gasteiger partial charge in [-0.15, -0.1) is 0 Å². The van der Waals surface area contributed by atoms with Crippen molar-refractivity contribution in [3.05, 3.63) is 0 Å². The second-order valence-electron chi connectivity index (χ2n) is 1.37. The van der Waals surface area contributed by atoms with E-state index in [1.165, 1.54) is 6.92 Å². The Labute approximate surface area is 56.3 Å². The zero-order valence-electron chi connectivity index (χ0n) is 5.18. The van der Waals surface area contributed by atoms with E-state index in [1.807, 2.05) is 0 Å². The first-order chi connectivity index (χ1) is 4.45. The SMILES string of the molecule is CCOC(=O)C=P(F)(F)F. The molecule has 0 radical (unpaired) electrons. The van der Waals surface area contributed by atoms with Crippen molar-refractivity contribution in [1.82, 2.24) is 0 Å². The molecule has 0 amide bonds. The van der Waals surface area contributed by atoms with Gasteiger partial charge in [-0.25, -0.2) is 4.79 Å². The van der Waals surface area contributed by atoms with Crippen LogP contribution in [0.4, 0.5) is 12.6 Å². The van der Waals surface area contributed by atoms with Crippen molar-refractivity contribution < 1.29 is 22.1 Å². The molecule has 0 aromatic rings. The summed E-state index contributed by atoms with van der Waals surface area (Å²) in [5.74, 6) is -1.61. The fraction of sp³-hybridized carbons (Fsp3) is 0.500. The summed E-state index contributed by atoms with van der Waals surface area (Å²) in [4.78, 5) is 10.1. The van der Waals surface area contributed by atoms with Gasteiger partial charge in [0.2, 0.25) is 0 Å². The Hall–Kier alpha value is -0.440. The molecule has 0 aliphatic rings. The normalized spacial score (nSPS) is 10.8. The molecule has 0 saturated heterocycles. The highest BCUT2D eigenvalue weighted by Gasteiger charge is 2.14. The average Bonchev–Trinajstić information content (AvgIpc) is 1.59. The summed E-state index contributed by atoms with van der Waals surface area (Å²) in [7, 11) is -5.60. The van der Waals surface area contributed by atoms with Gasteiger partial charge in [0.1, 0.15) is 5.80 Å². The van der Waals surface area contributed by atoms with Crippen molar-refractivity contribution in [3.8, 4) is 0 Å². The first-order valence-corrected chi connectivity index (χ1v) is 3.99. The molecule has 10 heavy (non-hydrogen) atoms. The molecule has 0 unspecified atom stereocenters. The molecule has 0 heterocycles. The number of rotatable bonds is 2. The third kappa shape index (κ3) is 5.69. The summed E-state index contributed by atoms with van der Waals surface area (Å²) < 4.78 is 38.2. The molecular weight excluding hydrogens is 168 g/mol. The second kappa shape index (κ2) is 3.66. The van der Waals surface area contributed by atoms with E-state index in [9.17, 15) is 17.4 Å². The van der Waals surface area contributed by atoms with Crippen molar-refractivity contribution in [3.63, 3.8) is 0 Å². The average molecular weight is 174 g/mol. The molecule has 0 aromatic heterocycles. The van der Waals surface area contributed by atoms with Crippen LogP contribution in [-0.4, -0.2) is 18.4 Å². The smallest absolute Gasteiger partial charge is 0.379 e. The van der Waals surface area contributed by atoms with Crippen LogP contribution in [0.1, 0.15) is 6.92 Å². The number of ether oxygens (including phenoxy) is 1. The Bertz CT molecular complexity index is 165. The first-order valence-electron chi connectivity index (χ1n) is 2.46. The van der Waals surface area contributed by atoms with Crippen molar-refractivity contribution in [2.75, 3.05) is 6.61 Å². The lowest BCUT2D eigenvalue weighted by Gasteiger charge is -1.95. The largest absolute Gasteiger partial charge is 0.463 e. The Morgan fingerprint density at radius 1 is 1.60 bits per heavy atom. The number of hydrogen-bond donors (Lipinski definition) is 0. The third-order valence-corrected chi connectivity index (χ3v) is 1.04. The van der Waals surface area contributed by atoms with Gasteiger partial charge in [0, 0.05) is 0 Å². The molecule has 6 heteroatoms. The van der Waals surface area contributed by atoms with Gasteiger partial charge in [-0.2, -0.15) is 12.6 Å². The quantitative estimate of drug-likeness (QED) is 0.472. The van der Waals surface area contributed by atoms with Crippen LogP contribution in [0, 0.1) is 0 Å². The highest BCUT2D eigenvalue weighted by molar-refractivity contribution is 7.61. The maximum atomic E-state index is 11.4. The Balaban J connectivity index is 4.02. The molecule has 0 aromatic carbocycles. The molecule has 0 saturated carbocycles. The van der Waals surface area contributed by atoms with Crippen LogP contribution in [-0.2, 0) is 9.53 Å². The zero-order valence-corrected chi connectivity index (χ0v) is 6.08. The molecule has 2 nitrogen and oxygen atoms in total. The summed E-state index contributed by atoms with van der Waals surface area (Å²) in [5, 5.41) is 0. The van der Waals surface area contributed by atoms with E-state index in [1.54, 1.807) is 0 Å².